The standard InChI is InChI=1S/C14H18F3N5O2/c1-9-6-11(21(2)19-9)18-12(24)8-22-7-10(4-3-5-23)13(20-22)14(15,16)17/h6-7,23H,3-5,8H2,1-2H3,(H,18,24). The molecular weight excluding hydrogens is 327 g/mol. The minimum Gasteiger partial charge on any atom is -0.396 e. The number of carbonyl (C=O) groups is 1. The number of nitrogens with zero attached hydrogens (tertiary/aromatic N) is 4. The maximum atomic E-state index is 13.0. The molecule has 0 spiro atoms. The summed E-state index contributed by atoms with van der Waals surface area (Å²) in [4.78, 5) is 12.0. The first-order chi connectivity index (χ1) is 11.2. The fourth-order valence-electron chi connectivity index (χ4n) is 2.29. The Morgan fingerprint density at radius 3 is 2.62 bits per heavy atom. The van der Waals surface area contributed by atoms with E-state index < -0.39 is 17.8 Å². The van der Waals surface area contributed by atoms with Crippen molar-refractivity contribution in [2.45, 2.75) is 32.5 Å². The highest BCUT2D eigenvalue weighted by Crippen LogP contribution is 2.31. The maximum Gasteiger partial charge on any atom is 0.435 e. The fraction of sp³-hybridized carbons (Fsp3) is 0.500. The second-order valence-corrected chi connectivity index (χ2v) is 5.37. The van der Waals surface area contributed by atoms with E-state index in [4.69, 9.17) is 5.11 Å². The quantitative estimate of drug-likeness (QED) is 0.831. The average Bonchev–Trinajstić information content (AvgIpc) is 2.99. The first-order valence-electron chi connectivity index (χ1n) is 7.25. The highest BCUT2D eigenvalue weighted by molar-refractivity contribution is 5.89. The molecule has 132 valence electrons. The number of halogens is 3. The zero-order valence-electron chi connectivity index (χ0n) is 13.3. The van der Waals surface area contributed by atoms with Crippen LogP contribution in [0.2, 0.25) is 0 Å². The van der Waals surface area contributed by atoms with E-state index in [2.05, 4.69) is 15.5 Å². The number of rotatable bonds is 6. The number of aliphatic hydroxyl groups is 1. The van der Waals surface area contributed by atoms with Gasteiger partial charge in [0.2, 0.25) is 5.91 Å². The summed E-state index contributed by atoms with van der Waals surface area (Å²) in [5, 5.41) is 18.9. The molecule has 24 heavy (non-hydrogen) atoms. The van der Waals surface area contributed by atoms with Crippen LogP contribution in [0, 0.1) is 6.92 Å². The zero-order valence-corrected chi connectivity index (χ0v) is 13.3. The van der Waals surface area contributed by atoms with E-state index in [-0.39, 0.29) is 31.6 Å². The Bertz CT molecular complexity index is 721. The predicted molar refractivity (Wildman–Crippen MR) is 79.2 cm³/mol. The van der Waals surface area contributed by atoms with Crippen molar-refractivity contribution >= 4 is 11.7 Å². The summed E-state index contributed by atoms with van der Waals surface area (Å²) in [5.41, 5.74) is -0.363. The van der Waals surface area contributed by atoms with E-state index in [0.29, 0.717) is 11.5 Å². The van der Waals surface area contributed by atoms with Crippen molar-refractivity contribution in [3.05, 3.63) is 29.2 Å². The zero-order chi connectivity index (χ0) is 17.9. The molecule has 10 heteroatoms. The third-order valence-electron chi connectivity index (χ3n) is 3.29. The van der Waals surface area contributed by atoms with Crippen molar-refractivity contribution in [2.24, 2.45) is 7.05 Å². The van der Waals surface area contributed by atoms with Crippen LogP contribution >= 0.6 is 0 Å². The molecule has 2 heterocycles. The number of aromatic nitrogens is 4. The van der Waals surface area contributed by atoms with Gasteiger partial charge in [-0.25, -0.2) is 0 Å². The molecule has 0 saturated carbocycles. The van der Waals surface area contributed by atoms with E-state index in [9.17, 15) is 18.0 Å². The Balaban J connectivity index is 2.12. The summed E-state index contributed by atoms with van der Waals surface area (Å²) in [6, 6.07) is 1.65. The number of aliphatic hydroxyl groups excluding tert-OH is 1. The number of alkyl halides is 3. The Morgan fingerprint density at radius 1 is 1.38 bits per heavy atom. The third-order valence-corrected chi connectivity index (χ3v) is 3.29. The Kier molecular flexibility index (Phi) is 5.27. The lowest BCUT2D eigenvalue weighted by Crippen LogP contribution is -2.21. The molecule has 0 aliphatic rings. The summed E-state index contributed by atoms with van der Waals surface area (Å²) in [6.07, 6.45) is -3.19. The van der Waals surface area contributed by atoms with E-state index in [1.807, 2.05) is 0 Å². The van der Waals surface area contributed by atoms with Gasteiger partial charge in [0, 0.05) is 31.5 Å². The van der Waals surface area contributed by atoms with E-state index in [1.54, 1.807) is 20.0 Å². The first kappa shape index (κ1) is 18.0. The van der Waals surface area contributed by atoms with Crippen molar-refractivity contribution in [3.8, 4) is 0 Å². The molecule has 2 aromatic heterocycles. The molecule has 0 atom stereocenters. The summed E-state index contributed by atoms with van der Waals surface area (Å²) in [6.45, 7) is 1.18. The minimum absolute atomic E-state index is 0.0356. The van der Waals surface area contributed by atoms with Crippen molar-refractivity contribution < 1.29 is 23.1 Å². The molecule has 1 amide bonds. The summed E-state index contributed by atoms with van der Waals surface area (Å²) >= 11 is 0. The molecule has 0 aliphatic carbocycles. The molecule has 2 aromatic rings. The lowest BCUT2D eigenvalue weighted by Gasteiger charge is -2.06. The molecule has 2 N–H and O–H groups in total. The van der Waals surface area contributed by atoms with Gasteiger partial charge in [-0.3, -0.25) is 14.2 Å². The molecule has 2 rings (SSSR count). The Labute approximate surface area is 136 Å². The molecule has 0 saturated heterocycles. The topological polar surface area (TPSA) is 85.0 Å². The monoisotopic (exact) mass is 345 g/mol. The Hall–Kier alpha value is -2.36. The van der Waals surface area contributed by atoms with E-state index in [1.165, 1.54) is 10.9 Å². The molecular formula is C14H18F3N5O2. The van der Waals surface area contributed by atoms with Crippen molar-refractivity contribution in [1.82, 2.24) is 19.6 Å². The van der Waals surface area contributed by atoms with Crippen LogP contribution in [0.25, 0.3) is 0 Å². The third kappa shape index (κ3) is 4.34. The van der Waals surface area contributed by atoms with Crippen LogP contribution in [-0.4, -0.2) is 37.2 Å². The SMILES string of the molecule is Cc1cc(NC(=O)Cn2cc(CCCO)c(C(F)(F)F)n2)n(C)n1. The lowest BCUT2D eigenvalue weighted by molar-refractivity contribution is -0.142. The Morgan fingerprint density at radius 2 is 2.08 bits per heavy atom. The van der Waals surface area contributed by atoms with E-state index >= 15 is 0 Å². The summed E-state index contributed by atoms with van der Waals surface area (Å²) in [7, 11) is 1.64. The maximum absolute atomic E-state index is 13.0. The van der Waals surface area contributed by atoms with Gasteiger partial charge in [-0.15, -0.1) is 0 Å². The molecule has 0 aromatic carbocycles. The predicted octanol–water partition coefficient (Wildman–Crippen LogP) is 1.51. The van der Waals surface area contributed by atoms with Gasteiger partial charge in [0.05, 0.1) is 5.69 Å². The van der Waals surface area contributed by atoms with Crippen LogP contribution < -0.4 is 5.32 Å². The molecule has 0 unspecified atom stereocenters. The van der Waals surface area contributed by atoms with Crippen LogP contribution in [-0.2, 0) is 31.0 Å². The van der Waals surface area contributed by atoms with Gasteiger partial charge in [-0.2, -0.15) is 23.4 Å². The largest absolute Gasteiger partial charge is 0.435 e. The molecule has 0 radical (unpaired) electrons. The van der Waals surface area contributed by atoms with Crippen molar-refractivity contribution in [2.75, 3.05) is 11.9 Å². The van der Waals surface area contributed by atoms with Gasteiger partial charge in [0.15, 0.2) is 5.69 Å². The van der Waals surface area contributed by atoms with Crippen LogP contribution in [0.15, 0.2) is 12.3 Å². The first-order valence-corrected chi connectivity index (χ1v) is 7.25. The van der Waals surface area contributed by atoms with Crippen LogP contribution in [0.3, 0.4) is 0 Å². The van der Waals surface area contributed by atoms with Gasteiger partial charge in [-0.1, -0.05) is 0 Å². The lowest BCUT2D eigenvalue weighted by atomic mass is 10.1. The van der Waals surface area contributed by atoms with Gasteiger partial charge in [0.1, 0.15) is 12.4 Å². The number of nitrogens with one attached hydrogen (secondary N) is 1. The number of carbonyl (C=O) groups excluding carboxylic acids is 1. The minimum atomic E-state index is -4.61. The van der Waals surface area contributed by atoms with Crippen LogP contribution in [0.4, 0.5) is 19.0 Å². The molecule has 7 nitrogen and oxygen atoms in total. The van der Waals surface area contributed by atoms with Gasteiger partial charge < -0.3 is 10.4 Å². The number of aryl methyl sites for hydroxylation is 3. The van der Waals surface area contributed by atoms with Gasteiger partial charge in [0.25, 0.3) is 0 Å². The number of anilines is 1. The number of hydrogen-bond acceptors (Lipinski definition) is 4. The fourth-order valence-corrected chi connectivity index (χ4v) is 2.29. The normalized spacial score (nSPS) is 11.8. The summed E-state index contributed by atoms with van der Waals surface area (Å²) in [5.74, 6) is -0.0656. The van der Waals surface area contributed by atoms with Crippen LogP contribution in [0.1, 0.15) is 23.4 Å². The second kappa shape index (κ2) is 7.04. The second-order valence-electron chi connectivity index (χ2n) is 5.37. The molecule has 0 fully saturated rings. The molecule has 0 aliphatic heterocycles. The van der Waals surface area contributed by atoms with E-state index in [0.717, 1.165) is 4.68 Å². The molecule has 0 bridgehead atoms. The number of amides is 1. The average molecular weight is 345 g/mol. The van der Waals surface area contributed by atoms with Crippen molar-refractivity contribution in [1.29, 1.82) is 0 Å². The smallest absolute Gasteiger partial charge is 0.396 e. The number of hydrogen-bond donors (Lipinski definition) is 2. The highest BCUT2D eigenvalue weighted by atomic mass is 19.4. The highest BCUT2D eigenvalue weighted by Gasteiger charge is 2.37. The van der Waals surface area contributed by atoms with Gasteiger partial charge in [-0.05, 0) is 19.8 Å². The summed E-state index contributed by atoms with van der Waals surface area (Å²) < 4.78 is 41.4. The van der Waals surface area contributed by atoms with Gasteiger partial charge >= 0.3 is 6.18 Å². The van der Waals surface area contributed by atoms with Crippen molar-refractivity contribution in [3.63, 3.8) is 0 Å². The van der Waals surface area contributed by atoms with Crippen LogP contribution in [0.5, 0.6) is 0 Å².